The van der Waals surface area contributed by atoms with Crippen molar-refractivity contribution in [1.82, 2.24) is 0 Å². The molecule has 3 heterocycles. The third kappa shape index (κ3) is 1.77. The zero-order valence-electron chi connectivity index (χ0n) is 15.6. The number of anilines is 1. The smallest absolute Gasteiger partial charge is 0.245 e. The first-order chi connectivity index (χ1) is 14.1. The molecule has 29 heavy (non-hydrogen) atoms. The molecule has 0 saturated carbocycles. The summed E-state index contributed by atoms with van der Waals surface area (Å²) in [7, 11) is 0. The number of amides is 2. The fourth-order valence-corrected chi connectivity index (χ4v) is 6.32. The Bertz CT molecular complexity index is 1070. The Morgan fingerprint density at radius 3 is 2.10 bits per heavy atom. The number of nitrogens with zero attached hydrogens (tertiary/aromatic N) is 1. The van der Waals surface area contributed by atoms with Gasteiger partial charge in [0.1, 0.15) is 17.9 Å². The minimum Gasteiger partial charge on any atom is -0.313 e. The molecule has 4 aliphatic rings. The number of carbonyl (C=O) groups excluding carboxylic acids is 4. The maximum atomic E-state index is 13.7. The number of rotatable bonds is 1. The molecule has 3 fully saturated rings. The first-order valence-electron chi connectivity index (χ1n) is 10.1. The van der Waals surface area contributed by atoms with E-state index in [0.29, 0.717) is 23.4 Å². The summed E-state index contributed by atoms with van der Waals surface area (Å²) in [5.74, 6) is -2.82. The summed E-state index contributed by atoms with van der Waals surface area (Å²) in [5, 5.41) is 0. The minimum atomic E-state index is -1.49. The Morgan fingerprint density at radius 2 is 1.45 bits per heavy atom. The van der Waals surface area contributed by atoms with Crippen molar-refractivity contribution in [1.29, 1.82) is 0 Å². The van der Waals surface area contributed by atoms with Gasteiger partial charge in [-0.05, 0) is 12.1 Å². The van der Waals surface area contributed by atoms with Gasteiger partial charge in [-0.1, -0.05) is 42.5 Å². The van der Waals surface area contributed by atoms with Crippen LogP contribution < -0.4 is 9.80 Å². The minimum absolute atomic E-state index is 0.174. The standard InChI is InChI=1S/C23H18N2O4/c26-19-14-9-4-5-10-15(14)20(27)23(19)18-17(16-11-6-12-24(16)23)21(28)25(22(18)29)13-7-2-1-3-8-13/h1-5,7-10,16-18H,6,11-12H2/p+1/t16-,17+,18-/m0/s1. The Labute approximate surface area is 167 Å². The van der Waals surface area contributed by atoms with E-state index in [-0.39, 0.29) is 23.5 Å². The van der Waals surface area contributed by atoms with Gasteiger partial charge in [0.05, 0.1) is 12.2 Å². The van der Waals surface area contributed by atoms with E-state index in [9.17, 15) is 19.2 Å². The molecule has 6 rings (SSSR count). The van der Waals surface area contributed by atoms with Crippen LogP contribution in [-0.2, 0) is 9.59 Å². The molecule has 1 aliphatic carbocycles. The van der Waals surface area contributed by atoms with Gasteiger partial charge in [-0.3, -0.25) is 19.2 Å². The van der Waals surface area contributed by atoms with E-state index in [0.717, 1.165) is 17.7 Å². The number of hydrogen-bond donors (Lipinski definition) is 1. The Hall–Kier alpha value is -3.12. The van der Waals surface area contributed by atoms with Crippen LogP contribution in [0.3, 0.4) is 0 Å². The first-order valence-corrected chi connectivity index (χ1v) is 10.1. The molecule has 6 heteroatoms. The van der Waals surface area contributed by atoms with Gasteiger partial charge in [-0.25, -0.2) is 4.90 Å². The van der Waals surface area contributed by atoms with Gasteiger partial charge in [-0.15, -0.1) is 0 Å². The van der Waals surface area contributed by atoms with Crippen molar-refractivity contribution in [3.05, 3.63) is 65.7 Å². The maximum absolute atomic E-state index is 13.7. The molecule has 3 aliphatic heterocycles. The third-order valence-corrected chi connectivity index (χ3v) is 7.31. The van der Waals surface area contributed by atoms with Gasteiger partial charge >= 0.3 is 0 Å². The van der Waals surface area contributed by atoms with Gasteiger partial charge < -0.3 is 4.90 Å². The lowest BCUT2D eigenvalue weighted by Crippen LogP contribution is -3.22. The number of para-hydroxylation sites is 1. The van der Waals surface area contributed by atoms with Crippen molar-refractivity contribution in [2.75, 3.05) is 11.4 Å². The predicted molar refractivity (Wildman–Crippen MR) is 103 cm³/mol. The van der Waals surface area contributed by atoms with Crippen molar-refractivity contribution in [2.45, 2.75) is 24.4 Å². The Kier molecular flexibility index (Phi) is 3.17. The van der Waals surface area contributed by atoms with E-state index in [1.807, 2.05) is 6.07 Å². The molecule has 6 nitrogen and oxygen atoms in total. The summed E-state index contributed by atoms with van der Waals surface area (Å²) in [6.45, 7) is 0.634. The SMILES string of the molecule is O=C1[C@H]2[C@@H](C(=O)N1c1ccccc1)C1(C(=O)c3ccccc3C1=O)[NH+]1CCC[C@@H]21. The van der Waals surface area contributed by atoms with Crippen molar-refractivity contribution in [2.24, 2.45) is 11.8 Å². The topological polar surface area (TPSA) is 76.0 Å². The number of carbonyl (C=O) groups is 4. The largest absolute Gasteiger partial charge is 0.313 e. The molecule has 1 N–H and O–H groups in total. The predicted octanol–water partition coefficient (Wildman–Crippen LogP) is 0.671. The molecule has 2 aromatic carbocycles. The Balaban J connectivity index is 1.56. The first kappa shape index (κ1) is 16.8. The van der Waals surface area contributed by atoms with Crippen molar-refractivity contribution in [3.8, 4) is 0 Å². The van der Waals surface area contributed by atoms with E-state index < -0.39 is 23.3 Å². The summed E-state index contributed by atoms with van der Waals surface area (Å²) < 4.78 is 0. The van der Waals surface area contributed by atoms with Gasteiger partial charge in [-0.2, -0.15) is 0 Å². The number of Topliss-reactive ketones (excluding diaryl/α,β-unsaturated/α-hetero) is 2. The van der Waals surface area contributed by atoms with E-state index in [4.69, 9.17) is 0 Å². The molecule has 4 atom stereocenters. The van der Waals surface area contributed by atoms with Crippen LogP contribution in [0.15, 0.2) is 54.6 Å². The average Bonchev–Trinajstić information content (AvgIpc) is 3.43. The highest BCUT2D eigenvalue weighted by molar-refractivity contribution is 6.36. The molecule has 144 valence electrons. The lowest BCUT2D eigenvalue weighted by molar-refractivity contribution is -0.930. The lowest BCUT2D eigenvalue weighted by atomic mass is 9.76. The molecule has 0 aromatic heterocycles. The van der Waals surface area contributed by atoms with Crippen molar-refractivity contribution >= 4 is 29.1 Å². The number of nitrogens with one attached hydrogen (secondary N) is 1. The zero-order valence-corrected chi connectivity index (χ0v) is 15.6. The number of imide groups is 1. The number of fused-ring (bicyclic) bond motifs is 6. The number of ketones is 2. The van der Waals surface area contributed by atoms with Crippen LogP contribution in [-0.4, -0.2) is 41.5 Å². The molecule has 0 radical (unpaired) electrons. The van der Waals surface area contributed by atoms with Crippen molar-refractivity contribution in [3.63, 3.8) is 0 Å². The molecular formula is C23H19N2O4+. The number of quaternary nitrogens is 1. The molecule has 1 spiro atoms. The van der Waals surface area contributed by atoms with Crippen LogP contribution in [0.25, 0.3) is 0 Å². The monoisotopic (exact) mass is 387 g/mol. The second-order valence-corrected chi connectivity index (χ2v) is 8.39. The summed E-state index contributed by atoms with van der Waals surface area (Å²) >= 11 is 0. The van der Waals surface area contributed by atoms with Crippen LogP contribution >= 0.6 is 0 Å². The van der Waals surface area contributed by atoms with Crippen LogP contribution in [0, 0.1) is 11.8 Å². The maximum Gasteiger partial charge on any atom is 0.245 e. The van der Waals surface area contributed by atoms with E-state index in [2.05, 4.69) is 0 Å². The number of hydrogen-bond acceptors (Lipinski definition) is 4. The average molecular weight is 387 g/mol. The van der Waals surface area contributed by atoms with Gasteiger partial charge in [0.15, 0.2) is 0 Å². The van der Waals surface area contributed by atoms with Gasteiger partial charge in [0.25, 0.3) is 0 Å². The molecule has 2 aromatic rings. The second kappa shape index (κ2) is 5.48. The van der Waals surface area contributed by atoms with Crippen LogP contribution in [0.5, 0.6) is 0 Å². The van der Waals surface area contributed by atoms with Gasteiger partial charge in [0, 0.05) is 24.0 Å². The highest BCUT2D eigenvalue weighted by Crippen LogP contribution is 2.48. The van der Waals surface area contributed by atoms with Crippen molar-refractivity contribution < 1.29 is 24.1 Å². The van der Waals surface area contributed by atoms with E-state index in [1.165, 1.54) is 4.90 Å². The third-order valence-electron chi connectivity index (χ3n) is 7.31. The highest BCUT2D eigenvalue weighted by atomic mass is 16.2. The fraction of sp³-hybridized carbons (Fsp3) is 0.304. The highest BCUT2D eigenvalue weighted by Gasteiger charge is 2.80. The van der Waals surface area contributed by atoms with Crippen LogP contribution in [0.1, 0.15) is 33.6 Å². The van der Waals surface area contributed by atoms with Crippen LogP contribution in [0.4, 0.5) is 5.69 Å². The molecular weight excluding hydrogens is 368 g/mol. The molecule has 1 unspecified atom stereocenters. The zero-order chi connectivity index (χ0) is 19.9. The second-order valence-electron chi connectivity index (χ2n) is 8.39. The number of benzene rings is 2. The van der Waals surface area contributed by atoms with E-state index >= 15 is 0 Å². The van der Waals surface area contributed by atoms with Gasteiger partial charge in [0.2, 0.25) is 28.9 Å². The fourth-order valence-electron chi connectivity index (χ4n) is 6.32. The lowest BCUT2D eigenvalue weighted by Gasteiger charge is -2.32. The Morgan fingerprint density at radius 1 is 0.828 bits per heavy atom. The van der Waals surface area contributed by atoms with E-state index in [1.54, 1.807) is 48.5 Å². The summed E-state index contributed by atoms with van der Waals surface area (Å²) in [5.41, 5.74) is -0.224. The summed E-state index contributed by atoms with van der Waals surface area (Å²) in [4.78, 5) is 56.5. The molecule has 3 saturated heterocycles. The summed E-state index contributed by atoms with van der Waals surface area (Å²) in [6.07, 6.45) is 1.59. The van der Waals surface area contributed by atoms with Crippen LogP contribution in [0.2, 0.25) is 0 Å². The quantitative estimate of drug-likeness (QED) is 0.577. The normalized spacial score (nSPS) is 31.5. The summed E-state index contributed by atoms with van der Waals surface area (Å²) in [6, 6.07) is 15.4. The molecule has 2 amide bonds. The molecule has 0 bridgehead atoms.